The first-order valence-electron chi connectivity index (χ1n) is 9.75. The summed E-state index contributed by atoms with van der Waals surface area (Å²) in [5, 5.41) is 14.7. The van der Waals surface area contributed by atoms with Crippen molar-refractivity contribution in [1.82, 2.24) is 19.7 Å². The molecule has 1 N–H and O–H groups in total. The van der Waals surface area contributed by atoms with Gasteiger partial charge in [-0.1, -0.05) is 13.8 Å². The number of carboxylic acids is 1. The number of aliphatic carboxylic acids is 1. The molecule has 3 rings (SSSR count). The topological polar surface area (TPSA) is 80.5 Å². The van der Waals surface area contributed by atoms with Crippen molar-refractivity contribution in [2.24, 2.45) is 0 Å². The number of hydrogen-bond donors (Lipinski definition) is 1. The number of fused-ring (bicyclic) bond motifs is 1. The first-order valence-corrected chi connectivity index (χ1v) is 9.75. The van der Waals surface area contributed by atoms with Crippen LogP contribution in [0.3, 0.4) is 0 Å². The lowest BCUT2D eigenvalue weighted by Crippen LogP contribution is -2.27. The molecular weight excluding hydrogens is 368 g/mol. The van der Waals surface area contributed by atoms with Gasteiger partial charge in [-0.15, -0.1) is 0 Å². The maximum atomic E-state index is 11.3. The molecule has 0 radical (unpaired) electrons. The summed E-state index contributed by atoms with van der Waals surface area (Å²) >= 11 is 0. The highest BCUT2D eigenvalue weighted by atomic mass is 16.5. The summed E-state index contributed by atoms with van der Waals surface area (Å²) in [6.45, 7) is 6.75. The Hall–Kier alpha value is -2.93. The molecule has 0 unspecified atom stereocenters. The Labute approximate surface area is 170 Å². The third-order valence-electron chi connectivity index (χ3n) is 4.58. The van der Waals surface area contributed by atoms with Crippen LogP contribution in [-0.2, 0) is 11.3 Å². The van der Waals surface area contributed by atoms with E-state index in [1.165, 1.54) is 4.68 Å². The first-order chi connectivity index (χ1) is 13.7. The van der Waals surface area contributed by atoms with Crippen LogP contribution in [-0.4, -0.2) is 57.5 Å². The van der Waals surface area contributed by atoms with E-state index in [4.69, 9.17) is 4.74 Å². The fourth-order valence-electron chi connectivity index (χ4n) is 3.31. The molecule has 2 aromatic heterocycles. The van der Waals surface area contributed by atoms with Crippen molar-refractivity contribution < 1.29 is 14.6 Å². The molecule has 1 atom stereocenters. The third-order valence-corrected chi connectivity index (χ3v) is 4.58. The zero-order valence-corrected chi connectivity index (χ0v) is 17.6. The van der Waals surface area contributed by atoms with E-state index in [0.717, 1.165) is 34.6 Å². The highest BCUT2D eigenvalue weighted by molar-refractivity contribution is 5.92. The molecule has 0 bridgehead atoms. The second-order valence-electron chi connectivity index (χ2n) is 7.88. The van der Waals surface area contributed by atoms with Crippen molar-refractivity contribution in [3.63, 3.8) is 0 Å². The monoisotopic (exact) mass is 396 g/mol. The van der Waals surface area contributed by atoms with Gasteiger partial charge in [-0.3, -0.25) is 4.79 Å². The van der Waals surface area contributed by atoms with E-state index in [1.54, 1.807) is 0 Å². The second kappa shape index (κ2) is 8.61. The van der Waals surface area contributed by atoms with E-state index < -0.39 is 5.97 Å². The highest BCUT2D eigenvalue weighted by Gasteiger charge is 2.17. The molecular formula is C22H28N4O3. The standard InChI is InChI=1S/C22H28N4O3/c1-14(2)19-11-10-18-21(24-26(13-20(27)28)22(18)23-19)16-6-8-17(9-7-16)29-15(3)12-25(4)5/h6-11,14-15H,12-13H2,1-5H3,(H,27,28)/t15-/m0/s1. The van der Waals surface area contributed by atoms with Crippen molar-refractivity contribution >= 4 is 17.0 Å². The number of likely N-dealkylation sites (N-methyl/N-ethyl adjacent to an activating group) is 1. The van der Waals surface area contributed by atoms with Crippen LogP contribution in [0.4, 0.5) is 0 Å². The van der Waals surface area contributed by atoms with Crippen LogP contribution >= 0.6 is 0 Å². The van der Waals surface area contributed by atoms with Crippen molar-refractivity contribution in [3.05, 3.63) is 42.1 Å². The molecule has 0 amide bonds. The fourth-order valence-corrected chi connectivity index (χ4v) is 3.31. The SMILES string of the molecule is CC(C)c1ccc2c(-c3ccc(O[C@@H](C)CN(C)C)cc3)nn(CC(=O)O)c2n1. The number of nitrogens with zero attached hydrogens (tertiary/aromatic N) is 4. The van der Waals surface area contributed by atoms with Crippen molar-refractivity contribution in [3.8, 4) is 17.0 Å². The molecule has 29 heavy (non-hydrogen) atoms. The lowest BCUT2D eigenvalue weighted by molar-refractivity contribution is -0.137. The summed E-state index contributed by atoms with van der Waals surface area (Å²) in [6, 6.07) is 11.7. The number of carbonyl (C=O) groups is 1. The minimum Gasteiger partial charge on any atom is -0.489 e. The molecule has 154 valence electrons. The maximum Gasteiger partial charge on any atom is 0.325 e. The minimum atomic E-state index is -0.948. The van der Waals surface area contributed by atoms with Gasteiger partial charge in [0.25, 0.3) is 0 Å². The number of hydrogen-bond acceptors (Lipinski definition) is 5. The smallest absolute Gasteiger partial charge is 0.325 e. The Kier molecular flexibility index (Phi) is 6.17. The van der Waals surface area contributed by atoms with Gasteiger partial charge in [0.05, 0.1) is 0 Å². The van der Waals surface area contributed by atoms with Gasteiger partial charge in [0.2, 0.25) is 0 Å². The van der Waals surface area contributed by atoms with Crippen LogP contribution in [0.15, 0.2) is 36.4 Å². The number of pyridine rings is 1. The number of benzene rings is 1. The normalized spacial score (nSPS) is 12.7. The predicted molar refractivity (Wildman–Crippen MR) is 113 cm³/mol. The van der Waals surface area contributed by atoms with Gasteiger partial charge in [-0.25, -0.2) is 9.67 Å². The average Bonchev–Trinajstić information content (AvgIpc) is 2.99. The lowest BCUT2D eigenvalue weighted by atomic mass is 10.1. The van der Waals surface area contributed by atoms with E-state index in [-0.39, 0.29) is 18.6 Å². The number of rotatable bonds is 8. The number of aromatic nitrogens is 3. The van der Waals surface area contributed by atoms with Crippen LogP contribution in [0.1, 0.15) is 32.4 Å². The van der Waals surface area contributed by atoms with E-state index in [0.29, 0.717) is 5.65 Å². The highest BCUT2D eigenvalue weighted by Crippen LogP contribution is 2.30. The second-order valence-corrected chi connectivity index (χ2v) is 7.88. The van der Waals surface area contributed by atoms with E-state index in [9.17, 15) is 9.90 Å². The largest absolute Gasteiger partial charge is 0.489 e. The molecule has 0 aliphatic heterocycles. The minimum absolute atomic E-state index is 0.0742. The molecule has 1 aromatic carbocycles. The molecule has 0 aliphatic rings. The van der Waals surface area contributed by atoms with E-state index in [2.05, 4.69) is 28.8 Å². The first kappa shape index (κ1) is 20.8. The molecule has 7 nitrogen and oxygen atoms in total. The molecule has 2 heterocycles. The Morgan fingerprint density at radius 1 is 1.14 bits per heavy atom. The molecule has 3 aromatic rings. The summed E-state index contributed by atoms with van der Waals surface area (Å²) < 4.78 is 7.41. The van der Waals surface area contributed by atoms with Crippen molar-refractivity contribution in [1.29, 1.82) is 0 Å². The van der Waals surface area contributed by atoms with Crippen molar-refractivity contribution in [2.45, 2.75) is 39.3 Å². The summed E-state index contributed by atoms with van der Waals surface area (Å²) in [5.74, 6) is 0.0885. The molecule has 0 aliphatic carbocycles. The Morgan fingerprint density at radius 2 is 1.83 bits per heavy atom. The van der Waals surface area contributed by atoms with Crippen LogP contribution in [0.2, 0.25) is 0 Å². The summed E-state index contributed by atoms with van der Waals surface area (Å²) in [6.07, 6.45) is 0.0742. The van der Waals surface area contributed by atoms with Gasteiger partial charge in [0.15, 0.2) is 5.65 Å². The zero-order valence-electron chi connectivity index (χ0n) is 17.6. The van der Waals surface area contributed by atoms with Crippen LogP contribution in [0.5, 0.6) is 5.75 Å². The zero-order chi connectivity index (χ0) is 21.1. The summed E-state index contributed by atoms with van der Waals surface area (Å²) in [4.78, 5) is 18.0. The molecule has 0 saturated carbocycles. The van der Waals surface area contributed by atoms with Gasteiger partial charge in [-0.05, 0) is 63.3 Å². The predicted octanol–water partition coefficient (Wildman–Crippen LogP) is 3.64. The molecule has 7 heteroatoms. The maximum absolute atomic E-state index is 11.3. The Bertz CT molecular complexity index is 993. The average molecular weight is 396 g/mol. The van der Waals surface area contributed by atoms with Crippen LogP contribution in [0, 0.1) is 0 Å². The van der Waals surface area contributed by atoms with Crippen LogP contribution in [0.25, 0.3) is 22.3 Å². The van der Waals surface area contributed by atoms with Gasteiger partial charge >= 0.3 is 5.97 Å². The van der Waals surface area contributed by atoms with Gasteiger partial charge in [0, 0.05) is 23.2 Å². The number of carboxylic acid groups (broad SMARTS) is 1. The summed E-state index contributed by atoms with van der Waals surface area (Å²) in [5.41, 5.74) is 3.12. The quantitative estimate of drug-likeness (QED) is 0.626. The van der Waals surface area contributed by atoms with E-state index in [1.807, 2.05) is 57.4 Å². The Balaban J connectivity index is 1.95. The lowest BCUT2D eigenvalue weighted by Gasteiger charge is -2.18. The fraction of sp³-hybridized carbons (Fsp3) is 0.409. The van der Waals surface area contributed by atoms with Gasteiger partial charge in [-0.2, -0.15) is 5.10 Å². The Morgan fingerprint density at radius 3 is 2.41 bits per heavy atom. The molecule has 0 fully saturated rings. The van der Waals surface area contributed by atoms with Crippen LogP contribution < -0.4 is 4.74 Å². The third kappa shape index (κ3) is 4.92. The van der Waals surface area contributed by atoms with Gasteiger partial charge in [0.1, 0.15) is 24.1 Å². The molecule has 0 spiro atoms. The number of ether oxygens (including phenoxy) is 1. The molecule has 0 saturated heterocycles. The van der Waals surface area contributed by atoms with Gasteiger partial charge < -0.3 is 14.7 Å². The van der Waals surface area contributed by atoms with Crippen molar-refractivity contribution in [2.75, 3.05) is 20.6 Å². The van der Waals surface area contributed by atoms with E-state index >= 15 is 0 Å². The summed E-state index contributed by atoms with van der Waals surface area (Å²) in [7, 11) is 4.03.